The number of ether oxygens (including phenoxy) is 1. The Morgan fingerprint density at radius 3 is 1.50 bits per heavy atom. The van der Waals surface area contributed by atoms with Crippen LogP contribution in [0, 0.1) is 0 Å². The molecule has 0 heterocycles. The van der Waals surface area contributed by atoms with Gasteiger partial charge in [0.2, 0.25) is 0 Å². The molecule has 0 N–H and O–H groups in total. The standard InChI is InChI=1S/C34H62O2/c1-3-5-7-9-11-13-15-17-19-20-22-24-26-28-30-32-34(35)36-33-31-29-27-25-23-21-18-16-14-12-10-8-6-4-2/h5,7,11,13,17,19H,3-4,6,8-10,12,14-16,18,20-33H2,1-2H3. The molecule has 0 aliphatic rings. The minimum atomic E-state index is 0.00543. The molecule has 210 valence electrons. The smallest absolute Gasteiger partial charge is 0.305 e. The molecule has 0 saturated carbocycles. The summed E-state index contributed by atoms with van der Waals surface area (Å²) < 4.78 is 5.41. The molecule has 0 aromatic rings. The fourth-order valence-electron chi connectivity index (χ4n) is 4.44. The van der Waals surface area contributed by atoms with Gasteiger partial charge in [-0.15, -0.1) is 0 Å². The number of esters is 1. The number of hydrogen-bond donors (Lipinski definition) is 0. The van der Waals surface area contributed by atoms with E-state index in [2.05, 4.69) is 50.3 Å². The van der Waals surface area contributed by atoms with Gasteiger partial charge in [0.15, 0.2) is 0 Å². The van der Waals surface area contributed by atoms with Gasteiger partial charge >= 0.3 is 5.97 Å². The van der Waals surface area contributed by atoms with Crippen LogP contribution in [-0.2, 0) is 9.53 Å². The normalized spacial score (nSPS) is 11.9. The van der Waals surface area contributed by atoms with E-state index in [9.17, 15) is 4.79 Å². The molecule has 2 heteroatoms. The molecule has 2 nitrogen and oxygen atoms in total. The molecule has 0 aliphatic carbocycles. The van der Waals surface area contributed by atoms with E-state index in [-0.39, 0.29) is 5.97 Å². The summed E-state index contributed by atoms with van der Waals surface area (Å²) in [5.41, 5.74) is 0. The highest BCUT2D eigenvalue weighted by molar-refractivity contribution is 5.69. The van der Waals surface area contributed by atoms with Crippen LogP contribution in [0.5, 0.6) is 0 Å². The van der Waals surface area contributed by atoms with Gasteiger partial charge in [0.05, 0.1) is 6.61 Å². The first-order chi connectivity index (χ1) is 17.8. The molecule has 0 amide bonds. The van der Waals surface area contributed by atoms with Crippen LogP contribution in [0.15, 0.2) is 36.5 Å². The molecule has 36 heavy (non-hydrogen) atoms. The predicted molar refractivity (Wildman–Crippen MR) is 161 cm³/mol. The lowest BCUT2D eigenvalue weighted by molar-refractivity contribution is -0.143. The van der Waals surface area contributed by atoms with Crippen molar-refractivity contribution in [3.63, 3.8) is 0 Å². The van der Waals surface area contributed by atoms with Crippen LogP contribution in [0.2, 0.25) is 0 Å². The second-order valence-electron chi connectivity index (χ2n) is 10.4. The van der Waals surface area contributed by atoms with E-state index < -0.39 is 0 Å². The summed E-state index contributed by atoms with van der Waals surface area (Å²) in [5.74, 6) is 0.00543. The Kier molecular flexibility index (Phi) is 30.6. The molecule has 0 fully saturated rings. The number of rotatable bonds is 28. The van der Waals surface area contributed by atoms with E-state index in [1.807, 2.05) is 0 Å². The van der Waals surface area contributed by atoms with Gasteiger partial charge in [-0.1, -0.05) is 153 Å². The largest absolute Gasteiger partial charge is 0.466 e. The molecule has 0 radical (unpaired) electrons. The van der Waals surface area contributed by atoms with Crippen molar-refractivity contribution in [1.29, 1.82) is 0 Å². The number of unbranched alkanes of at least 4 members (excludes halogenated alkanes) is 18. The first-order valence-electron chi connectivity index (χ1n) is 15.9. The Balaban J connectivity index is 3.24. The van der Waals surface area contributed by atoms with Crippen molar-refractivity contribution in [1.82, 2.24) is 0 Å². The van der Waals surface area contributed by atoms with E-state index in [0.29, 0.717) is 13.0 Å². The van der Waals surface area contributed by atoms with Gasteiger partial charge in [-0.3, -0.25) is 4.79 Å². The van der Waals surface area contributed by atoms with Crippen LogP contribution in [0.4, 0.5) is 0 Å². The molecule has 0 bridgehead atoms. The van der Waals surface area contributed by atoms with Gasteiger partial charge < -0.3 is 4.74 Å². The zero-order chi connectivity index (χ0) is 26.2. The number of carbonyl (C=O) groups excluding carboxylic acids is 1. The Bertz CT molecular complexity index is 517. The molecule has 0 atom stereocenters. The van der Waals surface area contributed by atoms with Crippen molar-refractivity contribution < 1.29 is 9.53 Å². The Hall–Kier alpha value is -1.31. The number of allylic oxidation sites excluding steroid dienone is 6. The Morgan fingerprint density at radius 1 is 0.500 bits per heavy atom. The third-order valence-electron chi connectivity index (χ3n) is 6.79. The van der Waals surface area contributed by atoms with Crippen molar-refractivity contribution in [2.75, 3.05) is 6.61 Å². The van der Waals surface area contributed by atoms with Gasteiger partial charge in [0, 0.05) is 6.42 Å². The van der Waals surface area contributed by atoms with Crippen molar-refractivity contribution in [2.45, 2.75) is 168 Å². The SMILES string of the molecule is CCC=CCC=CCC=CCCCCCCCC(=O)OCCCCCCCCCCCCCCCC. The molecule has 0 aliphatic heterocycles. The van der Waals surface area contributed by atoms with E-state index in [1.165, 1.54) is 109 Å². The van der Waals surface area contributed by atoms with Gasteiger partial charge in [-0.2, -0.15) is 0 Å². The van der Waals surface area contributed by atoms with Gasteiger partial charge in [-0.05, 0) is 44.9 Å². The molecular weight excluding hydrogens is 440 g/mol. The van der Waals surface area contributed by atoms with Crippen LogP contribution in [0.25, 0.3) is 0 Å². The number of hydrogen-bond acceptors (Lipinski definition) is 2. The molecule has 0 rings (SSSR count). The maximum Gasteiger partial charge on any atom is 0.305 e. The molecule has 0 unspecified atom stereocenters. The zero-order valence-electron chi connectivity index (χ0n) is 24.5. The highest BCUT2D eigenvalue weighted by Gasteiger charge is 2.02. The predicted octanol–water partition coefficient (Wildman–Crippen LogP) is 11.6. The van der Waals surface area contributed by atoms with Gasteiger partial charge in [-0.25, -0.2) is 0 Å². The van der Waals surface area contributed by atoms with Crippen LogP contribution in [-0.4, -0.2) is 12.6 Å². The highest BCUT2D eigenvalue weighted by atomic mass is 16.5. The average Bonchev–Trinajstić information content (AvgIpc) is 2.88. The topological polar surface area (TPSA) is 26.3 Å². The zero-order valence-corrected chi connectivity index (χ0v) is 24.5. The van der Waals surface area contributed by atoms with Crippen molar-refractivity contribution in [3.05, 3.63) is 36.5 Å². The van der Waals surface area contributed by atoms with E-state index in [1.54, 1.807) is 0 Å². The summed E-state index contributed by atoms with van der Waals surface area (Å²) in [5, 5.41) is 0. The first kappa shape index (κ1) is 34.7. The minimum Gasteiger partial charge on any atom is -0.466 e. The maximum absolute atomic E-state index is 11.9. The lowest BCUT2D eigenvalue weighted by atomic mass is 10.0. The van der Waals surface area contributed by atoms with Crippen molar-refractivity contribution >= 4 is 5.97 Å². The summed E-state index contributed by atoms with van der Waals surface area (Å²) in [6, 6.07) is 0. The van der Waals surface area contributed by atoms with E-state index in [0.717, 1.165) is 38.5 Å². The quantitative estimate of drug-likeness (QED) is 0.0604. The summed E-state index contributed by atoms with van der Waals surface area (Å²) in [6.45, 7) is 5.07. The van der Waals surface area contributed by atoms with E-state index in [4.69, 9.17) is 4.74 Å². The second kappa shape index (κ2) is 31.7. The highest BCUT2D eigenvalue weighted by Crippen LogP contribution is 2.13. The third-order valence-corrected chi connectivity index (χ3v) is 6.79. The number of carbonyl (C=O) groups is 1. The second-order valence-corrected chi connectivity index (χ2v) is 10.4. The molecule has 0 aromatic heterocycles. The maximum atomic E-state index is 11.9. The van der Waals surface area contributed by atoms with Gasteiger partial charge in [0.1, 0.15) is 0 Å². The minimum absolute atomic E-state index is 0.00543. The lowest BCUT2D eigenvalue weighted by Crippen LogP contribution is -2.05. The van der Waals surface area contributed by atoms with E-state index >= 15 is 0 Å². The third kappa shape index (κ3) is 30.7. The van der Waals surface area contributed by atoms with Crippen LogP contribution in [0.3, 0.4) is 0 Å². The summed E-state index contributed by atoms with van der Waals surface area (Å²) in [7, 11) is 0. The van der Waals surface area contributed by atoms with Crippen LogP contribution >= 0.6 is 0 Å². The fraction of sp³-hybridized carbons (Fsp3) is 0.794. The summed E-state index contributed by atoms with van der Waals surface area (Å²) in [4.78, 5) is 11.9. The summed E-state index contributed by atoms with van der Waals surface area (Å²) >= 11 is 0. The van der Waals surface area contributed by atoms with Crippen LogP contribution in [0.1, 0.15) is 168 Å². The molecule has 0 aromatic carbocycles. The molecule has 0 saturated heterocycles. The first-order valence-corrected chi connectivity index (χ1v) is 15.9. The van der Waals surface area contributed by atoms with Gasteiger partial charge in [0.25, 0.3) is 0 Å². The van der Waals surface area contributed by atoms with Crippen molar-refractivity contribution in [3.8, 4) is 0 Å². The summed E-state index contributed by atoms with van der Waals surface area (Å²) in [6.07, 6.45) is 43.3. The molecule has 0 spiro atoms. The lowest BCUT2D eigenvalue weighted by Gasteiger charge is -2.05. The van der Waals surface area contributed by atoms with Crippen LogP contribution < -0.4 is 0 Å². The van der Waals surface area contributed by atoms with Crippen molar-refractivity contribution in [2.24, 2.45) is 0 Å². The Morgan fingerprint density at radius 2 is 0.944 bits per heavy atom. The average molecular weight is 503 g/mol. The molecular formula is C34H62O2. The Labute approximate surface area is 226 Å². The fourth-order valence-corrected chi connectivity index (χ4v) is 4.44. The monoisotopic (exact) mass is 502 g/mol.